The quantitative estimate of drug-likeness (QED) is 0.896. The van der Waals surface area contributed by atoms with Crippen LogP contribution in [0, 0.1) is 5.82 Å². The summed E-state index contributed by atoms with van der Waals surface area (Å²) in [5.74, 6) is 1.26. The van der Waals surface area contributed by atoms with Gasteiger partial charge in [-0.15, -0.1) is 0 Å². The molecule has 3 nitrogen and oxygen atoms in total. The van der Waals surface area contributed by atoms with Crippen molar-refractivity contribution in [2.24, 2.45) is 5.73 Å². The smallest absolute Gasteiger partial charge is 0.127 e. The molecule has 1 aromatic rings. The first-order valence-corrected chi connectivity index (χ1v) is 7.73. The van der Waals surface area contributed by atoms with Crippen molar-refractivity contribution in [3.05, 3.63) is 35.6 Å². The number of nitrogens with two attached hydrogens (primary N) is 1. The maximum Gasteiger partial charge on any atom is 0.127 e. The Bertz CT molecular complexity index is 417. The van der Waals surface area contributed by atoms with Gasteiger partial charge in [0.1, 0.15) is 5.82 Å². The Morgan fingerprint density at radius 3 is 2.67 bits per heavy atom. The van der Waals surface area contributed by atoms with Crippen molar-refractivity contribution in [2.75, 3.05) is 31.1 Å². The standard InChI is InChI=1S/C13H19FN2OS/c14-12-4-2-1-3-11(12)13(15)5-6-16-7-9-18(17)10-8-16/h1-4,13H,5-10,15H2. The molecule has 1 unspecified atom stereocenters. The molecule has 0 bridgehead atoms. The van der Waals surface area contributed by atoms with Crippen LogP contribution in [0.5, 0.6) is 0 Å². The number of nitrogens with zero attached hydrogens (tertiary/aromatic N) is 1. The van der Waals surface area contributed by atoms with Gasteiger partial charge in [-0.05, 0) is 12.5 Å². The zero-order valence-corrected chi connectivity index (χ0v) is 11.2. The molecule has 18 heavy (non-hydrogen) atoms. The Morgan fingerprint density at radius 1 is 1.33 bits per heavy atom. The van der Waals surface area contributed by atoms with Crippen LogP contribution in [0.25, 0.3) is 0 Å². The lowest BCUT2D eigenvalue weighted by atomic mass is 10.0. The summed E-state index contributed by atoms with van der Waals surface area (Å²) in [7, 11) is -0.648. The summed E-state index contributed by atoms with van der Waals surface area (Å²) in [6.45, 7) is 2.56. The van der Waals surface area contributed by atoms with E-state index in [-0.39, 0.29) is 11.9 Å². The molecule has 2 N–H and O–H groups in total. The van der Waals surface area contributed by atoms with Crippen LogP contribution < -0.4 is 5.73 Å². The molecule has 0 radical (unpaired) electrons. The lowest BCUT2D eigenvalue weighted by molar-refractivity contribution is 0.286. The summed E-state index contributed by atoms with van der Waals surface area (Å²) in [4.78, 5) is 2.25. The zero-order chi connectivity index (χ0) is 13.0. The molecule has 0 aliphatic carbocycles. The van der Waals surface area contributed by atoms with Crippen LogP contribution in [0.2, 0.25) is 0 Å². The molecule has 5 heteroatoms. The number of halogens is 1. The van der Waals surface area contributed by atoms with Crippen LogP contribution >= 0.6 is 0 Å². The summed E-state index contributed by atoms with van der Waals surface area (Å²) in [5.41, 5.74) is 6.60. The van der Waals surface area contributed by atoms with E-state index >= 15 is 0 Å². The van der Waals surface area contributed by atoms with E-state index in [4.69, 9.17) is 5.73 Å². The molecule has 2 rings (SSSR count). The predicted molar refractivity (Wildman–Crippen MR) is 72.3 cm³/mol. The van der Waals surface area contributed by atoms with Crippen molar-refractivity contribution in [3.8, 4) is 0 Å². The van der Waals surface area contributed by atoms with Gasteiger partial charge in [0.2, 0.25) is 0 Å². The van der Waals surface area contributed by atoms with Crippen molar-refractivity contribution < 1.29 is 8.60 Å². The van der Waals surface area contributed by atoms with Gasteiger partial charge in [0.15, 0.2) is 0 Å². The summed E-state index contributed by atoms with van der Waals surface area (Å²) >= 11 is 0. The molecule has 0 amide bonds. The fourth-order valence-corrected chi connectivity index (χ4v) is 3.28. The summed E-state index contributed by atoms with van der Waals surface area (Å²) in [5, 5.41) is 0. The number of hydrogen-bond donors (Lipinski definition) is 1. The summed E-state index contributed by atoms with van der Waals surface area (Å²) in [6, 6.07) is 6.40. The monoisotopic (exact) mass is 270 g/mol. The van der Waals surface area contributed by atoms with E-state index in [2.05, 4.69) is 4.90 Å². The first kappa shape index (κ1) is 13.6. The van der Waals surface area contributed by atoms with E-state index in [1.807, 2.05) is 6.07 Å². The van der Waals surface area contributed by atoms with Crippen molar-refractivity contribution in [1.82, 2.24) is 4.90 Å². The Kier molecular flexibility index (Phi) is 4.86. The molecule has 0 saturated carbocycles. The third-order valence-corrected chi connectivity index (χ3v) is 4.61. The molecule has 100 valence electrons. The second-order valence-corrected chi connectivity index (χ2v) is 6.30. The molecule has 1 aliphatic heterocycles. The zero-order valence-electron chi connectivity index (χ0n) is 10.3. The van der Waals surface area contributed by atoms with Crippen LogP contribution in [0.3, 0.4) is 0 Å². The molecule has 1 heterocycles. The van der Waals surface area contributed by atoms with Gasteiger partial charge in [0.25, 0.3) is 0 Å². The van der Waals surface area contributed by atoms with E-state index in [0.29, 0.717) is 5.56 Å². The molecule has 1 aliphatic rings. The average molecular weight is 270 g/mol. The Morgan fingerprint density at radius 2 is 2.00 bits per heavy atom. The molecule has 0 spiro atoms. The van der Waals surface area contributed by atoms with Crippen molar-refractivity contribution >= 4 is 10.8 Å². The summed E-state index contributed by atoms with van der Waals surface area (Å²) in [6.07, 6.45) is 0.730. The van der Waals surface area contributed by atoms with Gasteiger partial charge in [0, 0.05) is 53.5 Å². The number of hydrogen-bond acceptors (Lipinski definition) is 3. The predicted octanol–water partition coefficient (Wildman–Crippen LogP) is 1.28. The molecular weight excluding hydrogens is 251 g/mol. The maximum atomic E-state index is 13.5. The minimum Gasteiger partial charge on any atom is -0.324 e. The minimum atomic E-state index is -0.648. The second-order valence-electron chi connectivity index (χ2n) is 4.61. The van der Waals surface area contributed by atoms with Crippen molar-refractivity contribution in [1.29, 1.82) is 0 Å². The van der Waals surface area contributed by atoms with Crippen LogP contribution in [-0.4, -0.2) is 40.2 Å². The van der Waals surface area contributed by atoms with Gasteiger partial charge in [-0.3, -0.25) is 4.21 Å². The SMILES string of the molecule is NC(CCN1CCS(=O)CC1)c1ccccc1F. The Balaban J connectivity index is 1.83. The first-order chi connectivity index (χ1) is 8.66. The van der Waals surface area contributed by atoms with E-state index < -0.39 is 10.8 Å². The van der Waals surface area contributed by atoms with Gasteiger partial charge in [-0.1, -0.05) is 18.2 Å². The molecule has 0 aromatic heterocycles. The molecule has 1 atom stereocenters. The highest BCUT2D eigenvalue weighted by molar-refractivity contribution is 7.85. The molecule has 1 aromatic carbocycles. The Labute approximate surface area is 110 Å². The third kappa shape index (κ3) is 3.60. The van der Waals surface area contributed by atoms with Crippen LogP contribution in [0.4, 0.5) is 4.39 Å². The van der Waals surface area contributed by atoms with Crippen LogP contribution in [0.1, 0.15) is 18.0 Å². The largest absolute Gasteiger partial charge is 0.324 e. The molecule has 1 fully saturated rings. The average Bonchev–Trinajstić information content (AvgIpc) is 2.38. The lowest BCUT2D eigenvalue weighted by Gasteiger charge is -2.27. The van der Waals surface area contributed by atoms with Crippen LogP contribution in [-0.2, 0) is 10.8 Å². The van der Waals surface area contributed by atoms with E-state index in [1.54, 1.807) is 12.1 Å². The highest BCUT2D eigenvalue weighted by Gasteiger charge is 2.17. The second kappa shape index (κ2) is 6.41. The van der Waals surface area contributed by atoms with Crippen molar-refractivity contribution in [2.45, 2.75) is 12.5 Å². The summed E-state index contributed by atoms with van der Waals surface area (Å²) < 4.78 is 24.7. The number of benzene rings is 1. The van der Waals surface area contributed by atoms with E-state index in [9.17, 15) is 8.60 Å². The van der Waals surface area contributed by atoms with E-state index in [0.717, 1.165) is 37.6 Å². The Hall–Kier alpha value is -0.780. The van der Waals surface area contributed by atoms with Gasteiger partial charge < -0.3 is 10.6 Å². The molecular formula is C13H19FN2OS. The minimum absolute atomic E-state index is 0.232. The highest BCUT2D eigenvalue weighted by atomic mass is 32.2. The highest BCUT2D eigenvalue weighted by Crippen LogP contribution is 2.18. The van der Waals surface area contributed by atoms with Crippen molar-refractivity contribution in [3.63, 3.8) is 0 Å². The van der Waals surface area contributed by atoms with Gasteiger partial charge >= 0.3 is 0 Å². The lowest BCUT2D eigenvalue weighted by Crippen LogP contribution is -2.39. The number of rotatable bonds is 4. The van der Waals surface area contributed by atoms with Gasteiger partial charge in [-0.2, -0.15) is 0 Å². The fraction of sp³-hybridized carbons (Fsp3) is 0.538. The maximum absolute atomic E-state index is 13.5. The third-order valence-electron chi connectivity index (χ3n) is 3.33. The van der Waals surface area contributed by atoms with Crippen LogP contribution in [0.15, 0.2) is 24.3 Å². The first-order valence-electron chi connectivity index (χ1n) is 6.24. The van der Waals surface area contributed by atoms with Gasteiger partial charge in [0.05, 0.1) is 0 Å². The van der Waals surface area contributed by atoms with E-state index in [1.165, 1.54) is 6.07 Å². The fourth-order valence-electron chi connectivity index (χ4n) is 2.15. The normalized spacial score (nSPS) is 19.9. The molecule has 1 saturated heterocycles. The van der Waals surface area contributed by atoms with Gasteiger partial charge in [-0.25, -0.2) is 4.39 Å². The topological polar surface area (TPSA) is 46.3 Å².